The van der Waals surface area contributed by atoms with Crippen LogP contribution < -0.4 is 5.73 Å². The summed E-state index contributed by atoms with van der Waals surface area (Å²) in [6.07, 6.45) is 0.388. The van der Waals surface area contributed by atoms with Crippen molar-refractivity contribution in [3.63, 3.8) is 0 Å². The lowest BCUT2D eigenvalue weighted by Gasteiger charge is -2.11. The van der Waals surface area contributed by atoms with Gasteiger partial charge in [-0.1, -0.05) is 24.3 Å². The van der Waals surface area contributed by atoms with Crippen LogP contribution in [0, 0.1) is 0 Å². The summed E-state index contributed by atoms with van der Waals surface area (Å²) in [5.74, 6) is -0.977. The van der Waals surface area contributed by atoms with Gasteiger partial charge < -0.3 is 15.6 Å². The molecule has 3 N–H and O–H groups in total. The van der Waals surface area contributed by atoms with Crippen LogP contribution in [0.25, 0.3) is 0 Å². The van der Waals surface area contributed by atoms with Gasteiger partial charge in [-0.2, -0.15) is 0 Å². The molecular weight excluding hydrogens is 206 g/mol. The molecule has 2 unspecified atom stereocenters. The monoisotopic (exact) mass is 223 g/mol. The van der Waals surface area contributed by atoms with E-state index in [-0.39, 0.29) is 6.10 Å². The van der Waals surface area contributed by atoms with E-state index in [1.165, 1.54) is 0 Å². The van der Waals surface area contributed by atoms with Crippen molar-refractivity contribution >= 4 is 5.97 Å². The molecule has 0 aliphatic carbocycles. The summed E-state index contributed by atoms with van der Waals surface area (Å²) < 4.78 is 5.18. The Morgan fingerprint density at radius 1 is 1.44 bits per heavy atom. The molecule has 0 amide bonds. The molecule has 0 saturated carbocycles. The first-order chi connectivity index (χ1) is 7.54. The highest BCUT2D eigenvalue weighted by molar-refractivity contribution is 5.73. The number of benzene rings is 1. The van der Waals surface area contributed by atoms with E-state index < -0.39 is 12.0 Å². The standard InChI is InChI=1S/C12H17NO3/c1-8(16-2)10-5-3-9(4-6-10)7-11(13)12(14)15/h3-6,8,11H,7,13H2,1-2H3,(H,14,15). The Labute approximate surface area is 95.0 Å². The number of hydrogen-bond donors (Lipinski definition) is 2. The van der Waals surface area contributed by atoms with Gasteiger partial charge in [-0.05, 0) is 24.5 Å². The maximum Gasteiger partial charge on any atom is 0.320 e. The number of nitrogens with two attached hydrogens (primary N) is 1. The van der Waals surface area contributed by atoms with Crippen molar-refractivity contribution in [1.82, 2.24) is 0 Å². The zero-order valence-corrected chi connectivity index (χ0v) is 9.51. The normalized spacial score (nSPS) is 14.4. The van der Waals surface area contributed by atoms with Crippen LogP contribution in [-0.4, -0.2) is 24.2 Å². The molecule has 4 heteroatoms. The third kappa shape index (κ3) is 3.32. The summed E-state index contributed by atoms with van der Waals surface area (Å²) in [5.41, 5.74) is 7.43. The van der Waals surface area contributed by atoms with Gasteiger partial charge in [0.1, 0.15) is 6.04 Å². The van der Waals surface area contributed by atoms with Crippen molar-refractivity contribution < 1.29 is 14.6 Å². The topological polar surface area (TPSA) is 72.5 Å². The lowest BCUT2D eigenvalue weighted by atomic mass is 10.0. The molecule has 0 aliphatic rings. The first kappa shape index (κ1) is 12.7. The van der Waals surface area contributed by atoms with Crippen molar-refractivity contribution in [1.29, 1.82) is 0 Å². The van der Waals surface area contributed by atoms with Crippen LogP contribution in [0.2, 0.25) is 0 Å². The van der Waals surface area contributed by atoms with Crippen LogP contribution in [0.5, 0.6) is 0 Å². The molecule has 0 spiro atoms. The summed E-state index contributed by atoms with van der Waals surface area (Å²) >= 11 is 0. The van der Waals surface area contributed by atoms with E-state index in [4.69, 9.17) is 15.6 Å². The Bertz CT molecular complexity index is 348. The highest BCUT2D eigenvalue weighted by Crippen LogP contribution is 2.16. The minimum Gasteiger partial charge on any atom is -0.480 e. The number of carboxylic acids is 1. The van der Waals surface area contributed by atoms with Crippen molar-refractivity contribution in [3.8, 4) is 0 Å². The van der Waals surface area contributed by atoms with Crippen molar-refractivity contribution in [2.75, 3.05) is 7.11 Å². The number of hydrogen-bond acceptors (Lipinski definition) is 3. The Morgan fingerprint density at radius 3 is 2.44 bits per heavy atom. The number of methoxy groups -OCH3 is 1. The van der Waals surface area contributed by atoms with E-state index in [0.717, 1.165) is 11.1 Å². The first-order valence-corrected chi connectivity index (χ1v) is 5.14. The van der Waals surface area contributed by atoms with Gasteiger partial charge in [-0.3, -0.25) is 4.79 Å². The molecule has 1 aromatic carbocycles. The molecule has 4 nitrogen and oxygen atoms in total. The van der Waals surface area contributed by atoms with Crippen LogP contribution in [-0.2, 0) is 16.0 Å². The van der Waals surface area contributed by atoms with Crippen LogP contribution in [0.15, 0.2) is 24.3 Å². The lowest BCUT2D eigenvalue weighted by molar-refractivity contribution is -0.138. The molecule has 1 aromatic rings. The number of ether oxygens (including phenoxy) is 1. The van der Waals surface area contributed by atoms with E-state index >= 15 is 0 Å². The maximum atomic E-state index is 10.6. The van der Waals surface area contributed by atoms with Crippen molar-refractivity contribution in [3.05, 3.63) is 35.4 Å². The Hall–Kier alpha value is -1.39. The number of rotatable bonds is 5. The summed E-state index contributed by atoms with van der Waals surface area (Å²) in [7, 11) is 1.65. The molecule has 0 radical (unpaired) electrons. The van der Waals surface area contributed by atoms with Crippen molar-refractivity contribution in [2.45, 2.75) is 25.5 Å². The van der Waals surface area contributed by atoms with Gasteiger partial charge in [-0.15, -0.1) is 0 Å². The van der Waals surface area contributed by atoms with E-state index in [1.54, 1.807) is 7.11 Å². The van der Waals surface area contributed by atoms with E-state index in [0.29, 0.717) is 6.42 Å². The fourth-order valence-corrected chi connectivity index (χ4v) is 1.40. The second-order valence-electron chi connectivity index (χ2n) is 3.77. The molecule has 0 aliphatic heterocycles. The summed E-state index contributed by atoms with van der Waals surface area (Å²) in [5, 5.41) is 8.68. The van der Waals surface area contributed by atoms with Crippen LogP contribution in [0.1, 0.15) is 24.2 Å². The second-order valence-corrected chi connectivity index (χ2v) is 3.77. The predicted molar refractivity (Wildman–Crippen MR) is 61.2 cm³/mol. The third-order valence-electron chi connectivity index (χ3n) is 2.58. The molecule has 88 valence electrons. The van der Waals surface area contributed by atoms with Crippen LogP contribution in [0.3, 0.4) is 0 Å². The van der Waals surface area contributed by atoms with Gasteiger partial charge in [0.05, 0.1) is 6.10 Å². The Balaban J connectivity index is 2.68. The molecule has 1 rings (SSSR count). The van der Waals surface area contributed by atoms with Gasteiger partial charge in [-0.25, -0.2) is 0 Å². The summed E-state index contributed by atoms with van der Waals surface area (Å²) in [4.78, 5) is 10.6. The van der Waals surface area contributed by atoms with Gasteiger partial charge in [0.15, 0.2) is 0 Å². The molecule has 0 heterocycles. The number of carbonyl (C=O) groups is 1. The number of carboxylic acid groups (broad SMARTS) is 1. The SMILES string of the molecule is COC(C)c1ccc(CC(N)C(=O)O)cc1. The summed E-state index contributed by atoms with van der Waals surface area (Å²) in [6.45, 7) is 1.96. The smallest absolute Gasteiger partial charge is 0.320 e. The summed E-state index contributed by atoms with van der Waals surface area (Å²) in [6, 6.07) is 6.78. The highest BCUT2D eigenvalue weighted by atomic mass is 16.5. The average Bonchev–Trinajstić information content (AvgIpc) is 2.28. The van der Waals surface area contributed by atoms with E-state index in [1.807, 2.05) is 31.2 Å². The molecule has 0 bridgehead atoms. The molecule has 16 heavy (non-hydrogen) atoms. The Kier molecular flexibility index (Phi) is 4.46. The highest BCUT2D eigenvalue weighted by Gasteiger charge is 2.12. The molecule has 2 atom stereocenters. The zero-order valence-electron chi connectivity index (χ0n) is 9.51. The lowest BCUT2D eigenvalue weighted by Crippen LogP contribution is -2.32. The molecule has 0 saturated heterocycles. The van der Waals surface area contributed by atoms with Crippen molar-refractivity contribution in [2.24, 2.45) is 5.73 Å². The van der Waals surface area contributed by atoms with E-state index in [2.05, 4.69) is 0 Å². The number of aliphatic carboxylic acids is 1. The predicted octanol–water partition coefficient (Wildman–Crippen LogP) is 1.35. The second kappa shape index (κ2) is 5.63. The molecule has 0 fully saturated rings. The van der Waals surface area contributed by atoms with Crippen LogP contribution >= 0.6 is 0 Å². The fraction of sp³-hybridized carbons (Fsp3) is 0.417. The molecule has 0 aromatic heterocycles. The van der Waals surface area contributed by atoms with Gasteiger partial charge in [0, 0.05) is 7.11 Å². The largest absolute Gasteiger partial charge is 0.480 e. The van der Waals surface area contributed by atoms with Gasteiger partial charge in [0.25, 0.3) is 0 Å². The quantitative estimate of drug-likeness (QED) is 0.790. The maximum absolute atomic E-state index is 10.6. The zero-order chi connectivity index (χ0) is 12.1. The van der Waals surface area contributed by atoms with Gasteiger partial charge >= 0.3 is 5.97 Å². The minimum absolute atomic E-state index is 0.0437. The average molecular weight is 223 g/mol. The minimum atomic E-state index is -0.977. The van der Waals surface area contributed by atoms with Crippen LogP contribution in [0.4, 0.5) is 0 Å². The first-order valence-electron chi connectivity index (χ1n) is 5.14. The van der Waals surface area contributed by atoms with E-state index in [9.17, 15) is 4.79 Å². The van der Waals surface area contributed by atoms with Gasteiger partial charge in [0.2, 0.25) is 0 Å². The Morgan fingerprint density at radius 2 is 2.00 bits per heavy atom. The third-order valence-corrected chi connectivity index (χ3v) is 2.58. The molecular formula is C12H17NO3. The fourth-order valence-electron chi connectivity index (χ4n) is 1.40.